The van der Waals surface area contributed by atoms with Crippen molar-refractivity contribution in [2.75, 3.05) is 33.3 Å². The molecular weight excluding hydrogens is 380 g/mol. The number of nitrogens with one attached hydrogen (secondary N) is 1. The van der Waals surface area contributed by atoms with Gasteiger partial charge in [-0.15, -0.1) is 0 Å². The Balaban J connectivity index is 2.74. The van der Waals surface area contributed by atoms with E-state index in [0.29, 0.717) is 0 Å². The van der Waals surface area contributed by atoms with Crippen molar-refractivity contribution >= 4 is 27.5 Å². The summed E-state index contributed by atoms with van der Waals surface area (Å²) in [4.78, 5) is 32.9. The second kappa shape index (κ2) is 10.1. The van der Waals surface area contributed by atoms with Crippen LogP contribution in [0.2, 0.25) is 0 Å². The molecule has 0 unspecified atom stereocenters. The van der Waals surface area contributed by atoms with Gasteiger partial charge in [-0.1, -0.05) is 12.1 Å². The first kappa shape index (κ1) is 22.6. The van der Waals surface area contributed by atoms with Crippen LogP contribution in [-0.4, -0.2) is 68.7 Å². The van der Waals surface area contributed by atoms with Crippen LogP contribution in [0.15, 0.2) is 29.2 Å². The second-order valence-electron chi connectivity index (χ2n) is 5.49. The van der Waals surface area contributed by atoms with E-state index in [1.165, 1.54) is 19.2 Å². The van der Waals surface area contributed by atoms with Crippen molar-refractivity contribution in [2.24, 2.45) is 5.73 Å². The third-order valence-electron chi connectivity index (χ3n) is 3.49. The Morgan fingerprint density at radius 3 is 2.56 bits per heavy atom. The van der Waals surface area contributed by atoms with E-state index in [4.69, 9.17) is 5.73 Å². The number of rotatable bonds is 11. The van der Waals surface area contributed by atoms with Crippen LogP contribution in [0.3, 0.4) is 0 Å². The molecule has 0 radical (unpaired) electrons. The van der Waals surface area contributed by atoms with Crippen LogP contribution in [0, 0.1) is 10.1 Å². The number of carbonyl (C=O) groups is 2. The average Bonchev–Trinajstić information content (AvgIpc) is 2.61. The van der Waals surface area contributed by atoms with Gasteiger partial charge in [0.15, 0.2) is 10.7 Å². The number of benzene rings is 1. The second-order valence-corrected chi connectivity index (χ2v) is 7.51. The van der Waals surface area contributed by atoms with Gasteiger partial charge >= 0.3 is 5.97 Å². The molecule has 150 valence electrons. The Labute approximate surface area is 156 Å². The largest absolute Gasteiger partial charge is 0.465 e. The van der Waals surface area contributed by atoms with Crippen molar-refractivity contribution in [3.8, 4) is 0 Å². The molecule has 0 saturated heterocycles. The molecule has 0 aliphatic rings. The Bertz CT molecular complexity index is 797. The molecule has 0 saturated carbocycles. The minimum atomic E-state index is -4.22. The third-order valence-corrected chi connectivity index (χ3v) is 5.36. The molecule has 0 aliphatic carbocycles. The Hall–Kier alpha value is -2.41. The molecule has 0 heterocycles. The monoisotopic (exact) mass is 402 g/mol. The number of ketones is 1. The van der Waals surface area contributed by atoms with Crippen LogP contribution in [-0.2, 0) is 24.3 Å². The molecule has 0 amide bonds. The molecule has 1 rings (SSSR count). The smallest absolute Gasteiger partial charge is 0.319 e. The van der Waals surface area contributed by atoms with Crippen LogP contribution in [0.25, 0.3) is 0 Å². The van der Waals surface area contributed by atoms with Gasteiger partial charge in [0.25, 0.3) is 5.69 Å². The number of likely N-dealkylation sites (N-methyl/N-ethyl adjacent to an activating group) is 1. The van der Waals surface area contributed by atoms with Crippen LogP contribution in [0.5, 0.6) is 0 Å². The number of ether oxygens (including phenoxy) is 1. The highest BCUT2D eigenvalue weighted by molar-refractivity contribution is 7.89. The topological polar surface area (TPSA) is 162 Å². The first-order valence-corrected chi connectivity index (χ1v) is 9.39. The summed E-state index contributed by atoms with van der Waals surface area (Å²) < 4.78 is 30.6. The van der Waals surface area contributed by atoms with Gasteiger partial charge in [-0.25, -0.2) is 8.42 Å². The van der Waals surface area contributed by atoms with Crippen LogP contribution < -0.4 is 11.1 Å². The van der Waals surface area contributed by atoms with Crippen molar-refractivity contribution in [1.29, 1.82) is 0 Å². The SMILES string of the molecule is CCOC(=O)CNCC(=O)[C@@H](N)CN(C)S(=O)(=O)c1ccccc1[N+](=O)[O-]. The molecule has 11 nitrogen and oxygen atoms in total. The van der Waals surface area contributed by atoms with E-state index in [-0.39, 0.29) is 26.2 Å². The fraction of sp³-hybridized carbons (Fsp3) is 0.467. The first-order valence-electron chi connectivity index (χ1n) is 7.95. The lowest BCUT2D eigenvalue weighted by molar-refractivity contribution is -0.387. The summed E-state index contributed by atoms with van der Waals surface area (Å²) in [5.74, 6) is -1.06. The van der Waals surface area contributed by atoms with E-state index in [1.807, 2.05) is 0 Å². The fourth-order valence-corrected chi connectivity index (χ4v) is 3.45. The summed E-state index contributed by atoms with van der Waals surface area (Å²) in [5, 5.41) is 13.6. The number of nitrogens with two attached hydrogens (primary N) is 1. The van der Waals surface area contributed by atoms with E-state index in [1.54, 1.807) is 6.92 Å². The van der Waals surface area contributed by atoms with Crippen molar-refractivity contribution < 1.29 is 27.7 Å². The maximum Gasteiger partial charge on any atom is 0.319 e. The number of carbonyl (C=O) groups excluding carboxylic acids is 2. The van der Waals surface area contributed by atoms with E-state index < -0.39 is 43.3 Å². The van der Waals surface area contributed by atoms with Crippen LogP contribution in [0.1, 0.15) is 6.92 Å². The quantitative estimate of drug-likeness (QED) is 0.276. The molecule has 1 aromatic carbocycles. The van der Waals surface area contributed by atoms with Gasteiger partial charge in [0.05, 0.1) is 30.7 Å². The van der Waals surface area contributed by atoms with Gasteiger partial charge in [0.1, 0.15) is 0 Å². The van der Waals surface area contributed by atoms with E-state index in [9.17, 15) is 28.1 Å². The molecule has 1 atom stereocenters. The maximum atomic E-state index is 12.6. The van der Waals surface area contributed by atoms with Crippen molar-refractivity contribution in [2.45, 2.75) is 17.9 Å². The molecule has 0 fully saturated rings. The highest BCUT2D eigenvalue weighted by Gasteiger charge is 2.31. The number of nitro groups is 1. The summed E-state index contributed by atoms with van der Waals surface area (Å²) in [7, 11) is -3.05. The minimum absolute atomic E-state index is 0.184. The normalized spacial score (nSPS) is 12.6. The number of hydrogen-bond acceptors (Lipinski definition) is 9. The lowest BCUT2D eigenvalue weighted by Gasteiger charge is -2.20. The van der Waals surface area contributed by atoms with E-state index >= 15 is 0 Å². The predicted octanol–water partition coefficient (Wildman–Crippen LogP) is -0.736. The van der Waals surface area contributed by atoms with Crippen LogP contribution in [0.4, 0.5) is 5.69 Å². The summed E-state index contributed by atoms with van der Waals surface area (Å²) >= 11 is 0. The summed E-state index contributed by atoms with van der Waals surface area (Å²) in [5.41, 5.74) is 5.15. The molecule has 0 aliphatic heterocycles. The lowest BCUT2D eigenvalue weighted by atomic mass is 10.2. The molecule has 12 heteroatoms. The Kier molecular flexibility index (Phi) is 8.43. The lowest BCUT2D eigenvalue weighted by Crippen LogP contribution is -2.47. The number of Topliss-reactive ketones (excluding diaryl/α,β-unsaturated/α-hetero) is 1. The van der Waals surface area contributed by atoms with Gasteiger partial charge in [0.2, 0.25) is 10.0 Å². The highest BCUT2D eigenvalue weighted by Crippen LogP contribution is 2.25. The number of hydrogen-bond donors (Lipinski definition) is 2. The highest BCUT2D eigenvalue weighted by atomic mass is 32.2. The van der Waals surface area contributed by atoms with Crippen LogP contribution >= 0.6 is 0 Å². The third kappa shape index (κ3) is 6.36. The number of sulfonamides is 1. The first-order chi connectivity index (χ1) is 12.6. The average molecular weight is 402 g/mol. The Morgan fingerprint density at radius 1 is 1.33 bits per heavy atom. The van der Waals surface area contributed by atoms with Crippen molar-refractivity contribution in [3.63, 3.8) is 0 Å². The molecule has 1 aromatic rings. The summed E-state index contributed by atoms with van der Waals surface area (Å²) in [6.07, 6.45) is 0. The fourth-order valence-electron chi connectivity index (χ4n) is 2.10. The van der Waals surface area contributed by atoms with Gasteiger partial charge in [0, 0.05) is 19.7 Å². The maximum absolute atomic E-state index is 12.6. The predicted molar refractivity (Wildman–Crippen MR) is 95.4 cm³/mol. The zero-order valence-corrected chi connectivity index (χ0v) is 15.8. The zero-order chi connectivity index (χ0) is 20.6. The molecule has 3 N–H and O–H groups in total. The summed E-state index contributed by atoms with van der Waals surface area (Å²) in [6.45, 7) is 1.04. The number of para-hydroxylation sites is 1. The molecule has 0 spiro atoms. The van der Waals surface area contributed by atoms with Crippen molar-refractivity contribution in [1.82, 2.24) is 9.62 Å². The molecule has 0 aromatic heterocycles. The zero-order valence-electron chi connectivity index (χ0n) is 15.0. The number of nitro benzene ring substituents is 1. The minimum Gasteiger partial charge on any atom is -0.465 e. The summed E-state index contributed by atoms with van der Waals surface area (Å²) in [6, 6.07) is 3.71. The van der Waals surface area contributed by atoms with Gasteiger partial charge < -0.3 is 15.8 Å². The Morgan fingerprint density at radius 2 is 1.96 bits per heavy atom. The van der Waals surface area contributed by atoms with Gasteiger partial charge in [-0.05, 0) is 13.0 Å². The number of esters is 1. The van der Waals surface area contributed by atoms with Crippen molar-refractivity contribution in [3.05, 3.63) is 34.4 Å². The molecular formula is C15H22N4O7S. The van der Waals surface area contributed by atoms with E-state index in [0.717, 1.165) is 16.4 Å². The van der Waals surface area contributed by atoms with E-state index in [2.05, 4.69) is 10.1 Å². The van der Waals surface area contributed by atoms with Gasteiger partial charge in [-0.2, -0.15) is 4.31 Å². The molecule has 0 bridgehead atoms. The standard InChI is InChI=1S/C15H22N4O7S/c1-3-26-15(21)9-17-8-13(20)11(16)10-18(2)27(24,25)14-7-5-4-6-12(14)19(22)23/h4-7,11,17H,3,8-10,16H2,1-2H3/t11-/m0/s1. The molecule has 27 heavy (non-hydrogen) atoms. The number of nitrogens with zero attached hydrogens (tertiary/aromatic N) is 2. The van der Waals surface area contributed by atoms with Gasteiger partial charge in [-0.3, -0.25) is 19.7 Å².